The molecule has 0 aliphatic heterocycles. The van der Waals surface area contributed by atoms with E-state index in [2.05, 4.69) is 9.97 Å². The number of carbonyl (C=O) groups is 2. The summed E-state index contributed by atoms with van der Waals surface area (Å²) in [5.74, 6) is -0.270. The monoisotopic (exact) mass is 397 g/mol. The summed E-state index contributed by atoms with van der Waals surface area (Å²) in [6, 6.07) is 11.4. The minimum absolute atomic E-state index is 0.0944. The highest BCUT2D eigenvalue weighted by Crippen LogP contribution is 2.35. The van der Waals surface area contributed by atoms with Crippen LogP contribution < -0.4 is 21.1 Å². The molecular formula is C19H19N5O3S. The van der Waals surface area contributed by atoms with Crippen molar-refractivity contribution in [2.45, 2.75) is 13.0 Å². The molecule has 0 saturated carbocycles. The van der Waals surface area contributed by atoms with Crippen molar-refractivity contribution in [3.63, 3.8) is 0 Å². The first kappa shape index (κ1) is 19.3. The van der Waals surface area contributed by atoms with E-state index in [-0.39, 0.29) is 11.6 Å². The smallest absolute Gasteiger partial charge is 0.240 e. The topological polar surface area (TPSA) is 124 Å². The zero-order valence-electron chi connectivity index (χ0n) is 15.3. The van der Waals surface area contributed by atoms with Gasteiger partial charge in [-0.25, -0.2) is 9.97 Å². The Morgan fingerprint density at radius 1 is 1.18 bits per heavy atom. The molecular weight excluding hydrogens is 378 g/mol. The van der Waals surface area contributed by atoms with Crippen LogP contribution >= 0.6 is 11.3 Å². The number of pyridine rings is 1. The Kier molecular flexibility index (Phi) is 5.55. The van der Waals surface area contributed by atoms with Gasteiger partial charge in [-0.15, -0.1) is 0 Å². The summed E-state index contributed by atoms with van der Waals surface area (Å²) in [6.45, 7) is 1.64. The Morgan fingerprint density at radius 3 is 2.46 bits per heavy atom. The van der Waals surface area contributed by atoms with Crippen molar-refractivity contribution >= 4 is 39.7 Å². The lowest BCUT2D eigenvalue weighted by atomic mass is 10.1. The highest BCUT2D eigenvalue weighted by atomic mass is 32.1. The number of primary amides is 1. The number of hydrogen-bond donors (Lipinski definition) is 2. The molecule has 0 unspecified atom stereocenters. The summed E-state index contributed by atoms with van der Waals surface area (Å²) in [4.78, 5) is 35.0. The quantitative estimate of drug-likeness (QED) is 0.586. The van der Waals surface area contributed by atoms with Gasteiger partial charge in [-0.05, 0) is 13.0 Å². The molecule has 2 heterocycles. The summed E-state index contributed by atoms with van der Waals surface area (Å²) >= 11 is 1.09. The second-order valence-electron chi connectivity index (χ2n) is 5.91. The average Bonchev–Trinajstić information content (AvgIpc) is 3.09. The molecule has 0 aliphatic carbocycles. The SMILES string of the molecule is COc1ccc(N(c2nc(N)c(C(=O)c3ccccc3)s2)[C@H](C)C(N)=O)cn1. The molecule has 0 bridgehead atoms. The molecule has 0 saturated heterocycles. The van der Waals surface area contributed by atoms with Crippen molar-refractivity contribution in [2.24, 2.45) is 5.73 Å². The van der Waals surface area contributed by atoms with Gasteiger partial charge in [-0.2, -0.15) is 0 Å². The maximum atomic E-state index is 12.8. The number of anilines is 3. The van der Waals surface area contributed by atoms with Gasteiger partial charge < -0.3 is 21.1 Å². The van der Waals surface area contributed by atoms with E-state index in [9.17, 15) is 9.59 Å². The predicted octanol–water partition coefficient (Wildman–Crippen LogP) is 2.37. The lowest BCUT2D eigenvalue weighted by molar-refractivity contribution is -0.118. The lowest BCUT2D eigenvalue weighted by Gasteiger charge is -2.26. The number of aromatic nitrogens is 2. The van der Waals surface area contributed by atoms with E-state index in [1.165, 1.54) is 13.3 Å². The Labute approximate surface area is 165 Å². The van der Waals surface area contributed by atoms with Crippen LogP contribution in [0.2, 0.25) is 0 Å². The number of rotatable bonds is 7. The Balaban J connectivity index is 2.03. The number of nitrogen functional groups attached to an aromatic ring is 1. The molecule has 2 aromatic heterocycles. The van der Waals surface area contributed by atoms with Gasteiger partial charge in [0.2, 0.25) is 17.6 Å². The van der Waals surface area contributed by atoms with Gasteiger partial charge in [0.1, 0.15) is 16.7 Å². The summed E-state index contributed by atoms with van der Waals surface area (Å²) in [7, 11) is 1.51. The third-order valence-electron chi connectivity index (χ3n) is 4.10. The fourth-order valence-electron chi connectivity index (χ4n) is 2.57. The van der Waals surface area contributed by atoms with Crippen LogP contribution in [0.3, 0.4) is 0 Å². The standard InChI is InChI=1S/C19H19N5O3S/c1-11(18(21)26)24(13-8-9-14(27-2)22-10-13)19-23-17(20)16(28-19)15(25)12-6-4-3-5-7-12/h3-11H,20H2,1-2H3,(H2,21,26)/t11-/m1/s1. The van der Waals surface area contributed by atoms with Gasteiger partial charge in [0.15, 0.2) is 5.13 Å². The highest BCUT2D eigenvalue weighted by molar-refractivity contribution is 7.18. The zero-order valence-corrected chi connectivity index (χ0v) is 16.1. The highest BCUT2D eigenvalue weighted by Gasteiger charge is 2.27. The van der Waals surface area contributed by atoms with Crippen LogP contribution in [-0.4, -0.2) is 34.8 Å². The fourth-order valence-corrected chi connectivity index (χ4v) is 3.62. The first-order valence-electron chi connectivity index (χ1n) is 8.37. The number of ketones is 1. The maximum Gasteiger partial charge on any atom is 0.240 e. The number of carbonyl (C=O) groups excluding carboxylic acids is 2. The van der Waals surface area contributed by atoms with E-state index >= 15 is 0 Å². The van der Waals surface area contributed by atoms with Crippen molar-refractivity contribution in [3.8, 4) is 5.88 Å². The van der Waals surface area contributed by atoms with Gasteiger partial charge in [0, 0.05) is 11.6 Å². The predicted molar refractivity (Wildman–Crippen MR) is 108 cm³/mol. The average molecular weight is 397 g/mol. The summed E-state index contributed by atoms with van der Waals surface area (Å²) < 4.78 is 5.07. The molecule has 3 rings (SSSR count). The third-order valence-corrected chi connectivity index (χ3v) is 5.17. The van der Waals surface area contributed by atoms with Crippen LogP contribution in [0.4, 0.5) is 16.6 Å². The number of amides is 1. The number of benzene rings is 1. The zero-order chi connectivity index (χ0) is 20.3. The minimum atomic E-state index is -0.736. The van der Waals surface area contributed by atoms with Crippen molar-refractivity contribution in [1.29, 1.82) is 0 Å². The number of methoxy groups -OCH3 is 1. The van der Waals surface area contributed by atoms with E-state index in [4.69, 9.17) is 16.2 Å². The first-order chi connectivity index (χ1) is 13.4. The van der Waals surface area contributed by atoms with Gasteiger partial charge >= 0.3 is 0 Å². The van der Waals surface area contributed by atoms with Gasteiger partial charge in [0.05, 0.1) is 19.0 Å². The maximum absolute atomic E-state index is 12.8. The Bertz CT molecular complexity index is 989. The molecule has 1 aromatic carbocycles. The Morgan fingerprint density at radius 2 is 1.89 bits per heavy atom. The van der Waals surface area contributed by atoms with Gasteiger partial charge in [-0.3, -0.25) is 9.59 Å². The van der Waals surface area contributed by atoms with Crippen molar-refractivity contribution in [3.05, 3.63) is 59.1 Å². The summed E-state index contributed by atoms with van der Waals surface area (Å²) in [5, 5.41) is 0.370. The van der Waals surface area contributed by atoms with E-state index < -0.39 is 11.9 Å². The van der Waals surface area contributed by atoms with Crippen LogP contribution in [0, 0.1) is 0 Å². The summed E-state index contributed by atoms with van der Waals surface area (Å²) in [5.41, 5.74) is 12.6. The second-order valence-corrected chi connectivity index (χ2v) is 6.89. The van der Waals surface area contributed by atoms with Crippen LogP contribution in [-0.2, 0) is 4.79 Å². The molecule has 28 heavy (non-hydrogen) atoms. The molecule has 4 N–H and O–H groups in total. The molecule has 8 nitrogen and oxygen atoms in total. The summed E-state index contributed by atoms with van der Waals surface area (Å²) in [6.07, 6.45) is 1.54. The largest absolute Gasteiger partial charge is 0.481 e. The molecule has 0 spiro atoms. The number of thiazole rings is 1. The number of hydrogen-bond acceptors (Lipinski definition) is 8. The first-order valence-corrected chi connectivity index (χ1v) is 9.18. The third kappa shape index (κ3) is 3.79. The number of ether oxygens (including phenoxy) is 1. The second kappa shape index (κ2) is 8.05. The van der Waals surface area contributed by atoms with Crippen molar-refractivity contribution < 1.29 is 14.3 Å². The van der Waals surface area contributed by atoms with Gasteiger partial charge in [-0.1, -0.05) is 41.7 Å². The lowest BCUT2D eigenvalue weighted by Crippen LogP contribution is -2.40. The molecule has 3 aromatic rings. The molecule has 1 amide bonds. The fraction of sp³-hybridized carbons (Fsp3) is 0.158. The number of nitrogens with two attached hydrogens (primary N) is 2. The van der Waals surface area contributed by atoms with E-state index in [1.807, 2.05) is 6.07 Å². The molecule has 9 heteroatoms. The molecule has 144 valence electrons. The van der Waals surface area contributed by atoms with Crippen LogP contribution in [0.25, 0.3) is 0 Å². The van der Waals surface area contributed by atoms with E-state index in [1.54, 1.807) is 48.2 Å². The van der Waals surface area contributed by atoms with Crippen molar-refractivity contribution in [2.75, 3.05) is 17.7 Å². The molecule has 0 aliphatic rings. The van der Waals surface area contributed by atoms with Crippen LogP contribution in [0.15, 0.2) is 48.7 Å². The minimum Gasteiger partial charge on any atom is -0.481 e. The van der Waals surface area contributed by atoms with E-state index in [0.717, 1.165) is 11.3 Å². The van der Waals surface area contributed by atoms with Crippen molar-refractivity contribution in [1.82, 2.24) is 9.97 Å². The molecule has 0 fully saturated rings. The van der Waals surface area contributed by atoms with Crippen LogP contribution in [0.5, 0.6) is 5.88 Å². The number of nitrogens with zero attached hydrogens (tertiary/aromatic N) is 3. The Hall–Kier alpha value is -3.46. The molecule has 0 radical (unpaired) electrons. The molecule has 1 atom stereocenters. The van der Waals surface area contributed by atoms with Crippen LogP contribution in [0.1, 0.15) is 22.2 Å². The van der Waals surface area contributed by atoms with E-state index in [0.29, 0.717) is 27.1 Å². The normalized spacial score (nSPS) is 11.6. The van der Waals surface area contributed by atoms with Gasteiger partial charge in [0.25, 0.3) is 0 Å².